The number of nitrogens with two attached hydrogens (primary N) is 2. The van der Waals surface area contributed by atoms with Crippen LogP contribution in [0.3, 0.4) is 0 Å². The van der Waals surface area contributed by atoms with Gasteiger partial charge in [-0.2, -0.15) is 0 Å². The smallest absolute Gasteiger partial charge is 0.143 e. The van der Waals surface area contributed by atoms with Gasteiger partial charge in [0.15, 0.2) is 0 Å². The van der Waals surface area contributed by atoms with Crippen molar-refractivity contribution in [3.05, 3.63) is 12.1 Å². The van der Waals surface area contributed by atoms with Crippen LogP contribution in [0, 0.1) is 0 Å². The predicted molar refractivity (Wildman–Crippen MR) is 80.7 cm³/mol. The number of methoxy groups -OCH3 is 1. The summed E-state index contributed by atoms with van der Waals surface area (Å²) in [5.41, 5.74) is 14.3. The minimum atomic E-state index is 0.590. The van der Waals surface area contributed by atoms with E-state index in [0.29, 0.717) is 17.5 Å². The van der Waals surface area contributed by atoms with Crippen LogP contribution < -0.4 is 21.1 Å². The van der Waals surface area contributed by atoms with Crippen molar-refractivity contribution in [2.75, 3.05) is 50.7 Å². The molecule has 1 fully saturated rings. The van der Waals surface area contributed by atoms with Crippen LogP contribution in [-0.4, -0.2) is 45.2 Å². The second kappa shape index (κ2) is 5.57. The topological polar surface area (TPSA) is 67.8 Å². The van der Waals surface area contributed by atoms with E-state index in [0.717, 1.165) is 37.3 Å². The number of nitrogen functional groups attached to an aromatic ring is 2. The van der Waals surface area contributed by atoms with Gasteiger partial charge in [-0.05, 0) is 33.0 Å². The number of rotatable bonds is 3. The molecule has 5 heteroatoms. The van der Waals surface area contributed by atoms with Gasteiger partial charge in [0.25, 0.3) is 0 Å². The van der Waals surface area contributed by atoms with Crippen LogP contribution >= 0.6 is 0 Å². The van der Waals surface area contributed by atoms with E-state index in [2.05, 4.69) is 23.9 Å². The summed E-state index contributed by atoms with van der Waals surface area (Å²) in [5.74, 6) is 0.693. The molecule has 0 amide bonds. The summed E-state index contributed by atoms with van der Waals surface area (Å²) in [4.78, 5) is 4.61. The lowest BCUT2D eigenvalue weighted by Gasteiger charge is -2.37. The second-order valence-corrected chi connectivity index (χ2v) is 5.33. The van der Waals surface area contributed by atoms with Crippen molar-refractivity contribution in [3.63, 3.8) is 0 Å². The molecule has 1 saturated heterocycles. The second-order valence-electron chi connectivity index (χ2n) is 5.33. The summed E-state index contributed by atoms with van der Waals surface area (Å²) in [6.45, 7) is 2.03. The molecule has 1 aliphatic rings. The quantitative estimate of drug-likeness (QED) is 0.808. The summed E-state index contributed by atoms with van der Waals surface area (Å²) >= 11 is 0. The highest BCUT2D eigenvalue weighted by molar-refractivity contribution is 5.76. The zero-order chi connectivity index (χ0) is 14.0. The Labute approximate surface area is 115 Å². The maximum absolute atomic E-state index is 6.08. The molecule has 1 heterocycles. The Balaban J connectivity index is 2.15. The van der Waals surface area contributed by atoms with Crippen molar-refractivity contribution < 1.29 is 4.74 Å². The SMILES string of the molecule is COc1cc(N2CCC(N(C)C)CC2)c(N)cc1N. The molecular weight excluding hydrogens is 240 g/mol. The van der Waals surface area contributed by atoms with Crippen LogP contribution in [0.2, 0.25) is 0 Å². The average Bonchev–Trinajstić information content (AvgIpc) is 2.39. The molecule has 0 aromatic heterocycles. The molecule has 5 nitrogen and oxygen atoms in total. The Morgan fingerprint density at radius 3 is 2.32 bits per heavy atom. The van der Waals surface area contributed by atoms with Crippen LogP contribution in [0.25, 0.3) is 0 Å². The Morgan fingerprint density at radius 2 is 1.79 bits per heavy atom. The van der Waals surface area contributed by atoms with E-state index in [-0.39, 0.29) is 0 Å². The minimum Gasteiger partial charge on any atom is -0.495 e. The predicted octanol–water partition coefficient (Wildman–Crippen LogP) is 1.39. The lowest BCUT2D eigenvalue weighted by Crippen LogP contribution is -2.42. The third kappa shape index (κ3) is 2.87. The third-order valence-electron chi connectivity index (χ3n) is 3.91. The summed E-state index contributed by atoms with van der Waals surface area (Å²) < 4.78 is 5.28. The fourth-order valence-corrected chi connectivity index (χ4v) is 2.68. The van der Waals surface area contributed by atoms with Gasteiger partial charge in [-0.1, -0.05) is 0 Å². The van der Waals surface area contributed by atoms with E-state index in [1.807, 2.05) is 6.07 Å². The highest BCUT2D eigenvalue weighted by Gasteiger charge is 2.22. The number of anilines is 3. The normalized spacial score (nSPS) is 16.9. The Morgan fingerprint density at radius 1 is 1.16 bits per heavy atom. The van der Waals surface area contributed by atoms with E-state index in [1.54, 1.807) is 13.2 Å². The molecule has 1 aromatic rings. The van der Waals surface area contributed by atoms with Crippen LogP contribution in [0.1, 0.15) is 12.8 Å². The Hall–Kier alpha value is -1.62. The van der Waals surface area contributed by atoms with Crippen LogP contribution in [-0.2, 0) is 0 Å². The minimum absolute atomic E-state index is 0.590. The first kappa shape index (κ1) is 13.8. The molecule has 0 aliphatic carbocycles. The number of piperidine rings is 1. The molecule has 1 aliphatic heterocycles. The molecule has 4 N–H and O–H groups in total. The molecule has 0 spiro atoms. The third-order valence-corrected chi connectivity index (χ3v) is 3.91. The molecule has 0 saturated carbocycles. The fraction of sp³-hybridized carbons (Fsp3) is 0.571. The first-order chi connectivity index (χ1) is 9.02. The van der Waals surface area contributed by atoms with Crippen molar-refractivity contribution in [1.29, 1.82) is 0 Å². The van der Waals surface area contributed by atoms with Crippen molar-refractivity contribution in [2.45, 2.75) is 18.9 Å². The molecule has 0 unspecified atom stereocenters. The molecular formula is C14H24N4O. The van der Waals surface area contributed by atoms with Crippen LogP contribution in [0.15, 0.2) is 12.1 Å². The molecule has 0 bridgehead atoms. The number of ether oxygens (including phenoxy) is 1. The van der Waals surface area contributed by atoms with Crippen molar-refractivity contribution in [3.8, 4) is 5.75 Å². The van der Waals surface area contributed by atoms with E-state index < -0.39 is 0 Å². The highest BCUT2D eigenvalue weighted by atomic mass is 16.5. The highest BCUT2D eigenvalue weighted by Crippen LogP contribution is 2.35. The number of hydrogen-bond acceptors (Lipinski definition) is 5. The lowest BCUT2D eigenvalue weighted by molar-refractivity contribution is 0.249. The molecule has 0 atom stereocenters. The Kier molecular flexibility index (Phi) is 4.04. The zero-order valence-electron chi connectivity index (χ0n) is 12.0. The maximum Gasteiger partial charge on any atom is 0.143 e. The first-order valence-corrected chi connectivity index (χ1v) is 6.67. The van der Waals surface area contributed by atoms with E-state index in [4.69, 9.17) is 16.2 Å². The van der Waals surface area contributed by atoms with Gasteiger partial charge in [-0.25, -0.2) is 0 Å². The largest absolute Gasteiger partial charge is 0.495 e. The monoisotopic (exact) mass is 264 g/mol. The van der Waals surface area contributed by atoms with Gasteiger partial charge in [-0.15, -0.1) is 0 Å². The number of nitrogens with zero attached hydrogens (tertiary/aromatic N) is 2. The summed E-state index contributed by atoms with van der Waals surface area (Å²) in [6, 6.07) is 4.39. The van der Waals surface area contributed by atoms with Crippen molar-refractivity contribution >= 4 is 17.1 Å². The van der Waals surface area contributed by atoms with E-state index in [9.17, 15) is 0 Å². The molecule has 19 heavy (non-hydrogen) atoms. The van der Waals surface area contributed by atoms with Crippen LogP contribution in [0.5, 0.6) is 5.75 Å². The van der Waals surface area contributed by atoms with Gasteiger partial charge in [0, 0.05) is 25.2 Å². The van der Waals surface area contributed by atoms with Gasteiger partial charge >= 0.3 is 0 Å². The molecule has 2 rings (SSSR count). The Bertz CT molecular complexity index is 439. The van der Waals surface area contributed by atoms with Gasteiger partial charge in [0.1, 0.15) is 5.75 Å². The van der Waals surface area contributed by atoms with E-state index >= 15 is 0 Å². The average molecular weight is 264 g/mol. The van der Waals surface area contributed by atoms with Gasteiger partial charge in [0.05, 0.1) is 24.2 Å². The zero-order valence-corrected chi connectivity index (χ0v) is 12.0. The molecule has 106 valence electrons. The molecule has 1 aromatic carbocycles. The lowest BCUT2D eigenvalue weighted by atomic mass is 10.0. The van der Waals surface area contributed by atoms with Gasteiger partial charge in [0.2, 0.25) is 0 Å². The maximum atomic E-state index is 6.08. The first-order valence-electron chi connectivity index (χ1n) is 6.67. The standard InChI is InChI=1S/C14H24N4O/c1-17(2)10-4-6-18(7-5-10)13-9-14(19-3)12(16)8-11(13)15/h8-10H,4-7,15-16H2,1-3H3. The van der Waals surface area contributed by atoms with Crippen molar-refractivity contribution in [1.82, 2.24) is 4.90 Å². The summed E-state index contributed by atoms with van der Waals surface area (Å²) in [5, 5.41) is 0. The van der Waals surface area contributed by atoms with Gasteiger partial charge < -0.3 is 26.0 Å². The number of hydrogen-bond donors (Lipinski definition) is 2. The summed E-state index contributed by atoms with van der Waals surface area (Å²) in [6.07, 6.45) is 2.30. The van der Waals surface area contributed by atoms with Crippen molar-refractivity contribution in [2.24, 2.45) is 0 Å². The molecule has 0 radical (unpaired) electrons. The fourth-order valence-electron chi connectivity index (χ4n) is 2.68. The van der Waals surface area contributed by atoms with Crippen LogP contribution in [0.4, 0.5) is 17.1 Å². The van der Waals surface area contributed by atoms with E-state index in [1.165, 1.54) is 0 Å². The van der Waals surface area contributed by atoms with Gasteiger partial charge in [-0.3, -0.25) is 0 Å². The summed E-state index contributed by atoms with van der Waals surface area (Å²) in [7, 11) is 5.91. The number of benzene rings is 1.